The first-order valence-corrected chi connectivity index (χ1v) is 6.64. The zero-order valence-corrected chi connectivity index (χ0v) is 11.5. The van der Waals surface area contributed by atoms with E-state index in [2.05, 4.69) is 40.8 Å². The fraction of sp³-hybridized carbons (Fsp3) is 0.833. The van der Waals surface area contributed by atoms with Gasteiger partial charge in [0.2, 0.25) is 5.89 Å². The molecule has 0 radical (unpaired) electrons. The van der Waals surface area contributed by atoms with Crippen LogP contribution in [0.15, 0.2) is 4.52 Å². The van der Waals surface area contributed by atoms with E-state index >= 15 is 0 Å². The van der Waals surface area contributed by atoms with Gasteiger partial charge >= 0.3 is 0 Å². The van der Waals surface area contributed by atoms with Gasteiger partial charge in [-0.3, -0.25) is 0 Å². The van der Waals surface area contributed by atoms with E-state index in [4.69, 9.17) is 10.3 Å². The smallest absolute Gasteiger partial charge is 0.266 e. The Morgan fingerprint density at radius 2 is 2.00 bits per heavy atom. The summed E-state index contributed by atoms with van der Waals surface area (Å²) < 4.78 is 5.29. The van der Waals surface area contributed by atoms with Crippen molar-refractivity contribution in [3.8, 4) is 0 Å². The van der Waals surface area contributed by atoms with Gasteiger partial charge in [-0.15, -0.1) is 0 Å². The summed E-state index contributed by atoms with van der Waals surface area (Å²) in [6, 6.07) is -0.163. The lowest BCUT2D eigenvalue weighted by Crippen LogP contribution is -2.44. The summed E-state index contributed by atoms with van der Waals surface area (Å²) in [4.78, 5) is 8.88. The Hall–Kier alpha value is -1.14. The van der Waals surface area contributed by atoms with Crippen LogP contribution in [0.3, 0.4) is 0 Å². The number of likely N-dealkylation sites (N-methyl/N-ethyl adjacent to an activating group) is 1. The number of hydrogen-bond acceptors (Lipinski definition) is 6. The minimum atomic E-state index is -0.163. The van der Waals surface area contributed by atoms with E-state index in [0.717, 1.165) is 32.6 Å². The highest BCUT2D eigenvalue weighted by Gasteiger charge is 2.23. The van der Waals surface area contributed by atoms with Crippen LogP contribution in [0, 0.1) is 5.92 Å². The topological polar surface area (TPSA) is 71.4 Å². The van der Waals surface area contributed by atoms with Gasteiger partial charge in [0, 0.05) is 26.2 Å². The van der Waals surface area contributed by atoms with Crippen LogP contribution in [0.1, 0.15) is 32.2 Å². The minimum Gasteiger partial charge on any atom is -0.336 e. The second kappa shape index (κ2) is 5.67. The highest BCUT2D eigenvalue weighted by molar-refractivity contribution is 5.28. The van der Waals surface area contributed by atoms with Crippen LogP contribution in [0.4, 0.5) is 5.95 Å². The number of rotatable bonds is 4. The zero-order chi connectivity index (χ0) is 13.1. The molecule has 1 fully saturated rings. The minimum absolute atomic E-state index is 0.163. The maximum Gasteiger partial charge on any atom is 0.266 e. The highest BCUT2D eigenvalue weighted by atomic mass is 16.5. The number of aromatic nitrogens is 2. The Bertz CT molecular complexity index is 372. The van der Waals surface area contributed by atoms with E-state index < -0.39 is 0 Å². The van der Waals surface area contributed by atoms with Crippen molar-refractivity contribution < 1.29 is 4.52 Å². The van der Waals surface area contributed by atoms with Crippen molar-refractivity contribution in [1.82, 2.24) is 15.0 Å². The Labute approximate surface area is 108 Å². The maximum atomic E-state index is 6.09. The van der Waals surface area contributed by atoms with E-state index in [1.165, 1.54) is 0 Å². The van der Waals surface area contributed by atoms with Crippen LogP contribution in [0.5, 0.6) is 0 Å². The van der Waals surface area contributed by atoms with Crippen LogP contribution in [-0.4, -0.2) is 48.3 Å². The van der Waals surface area contributed by atoms with Gasteiger partial charge in [-0.05, 0) is 18.1 Å². The Morgan fingerprint density at radius 1 is 1.33 bits per heavy atom. The van der Waals surface area contributed by atoms with E-state index in [0.29, 0.717) is 17.8 Å². The van der Waals surface area contributed by atoms with Crippen molar-refractivity contribution in [2.75, 3.05) is 38.1 Å². The number of nitrogens with two attached hydrogens (primary N) is 1. The Morgan fingerprint density at radius 3 is 2.61 bits per heavy atom. The van der Waals surface area contributed by atoms with E-state index in [1.54, 1.807) is 0 Å². The van der Waals surface area contributed by atoms with Gasteiger partial charge in [-0.1, -0.05) is 20.3 Å². The van der Waals surface area contributed by atoms with Gasteiger partial charge in [0.1, 0.15) is 0 Å². The Balaban J connectivity index is 2.01. The third-order valence-electron chi connectivity index (χ3n) is 3.76. The maximum absolute atomic E-state index is 6.09. The number of hydrogen-bond donors (Lipinski definition) is 1. The first-order valence-electron chi connectivity index (χ1n) is 6.64. The van der Waals surface area contributed by atoms with Crippen LogP contribution < -0.4 is 10.6 Å². The summed E-state index contributed by atoms with van der Waals surface area (Å²) in [5.41, 5.74) is 6.09. The quantitative estimate of drug-likeness (QED) is 0.858. The lowest BCUT2D eigenvalue weighted by molar-refractivity contribution is 0.302. The van der Waals surface area contributed by atoms with E-state index in [9.17, 15) is 0 Å². The molecule has 2 rings (SSSR count). The number of nitrogens with zero attached hydrogens (tertiary/aromatic N) is 4. The van der Waals surface area contributed by atoms with Gasteiger partial charge in [0.05, 0.1) is 6.04 Å². The highest BCUT2D eigenvalue weighted by Crippen LogP contribution is 2.22. The summed E-state index contributed by atoms with van der Waals surface area (Å²) in [6.45, 7) is 8.15. The largest absolute Gasteiger partial charge is 0.336 e. The Kier molecular flexibility index (Phi) is 4.19. The normalized spacial score (nSPS) is 21.0. The summed E-state index contributed by atoms with van der Waals surface area (Å²) in [6.07, 6.45) is 1.01. The molecule has 102 valence electrons. The molecule has 1 aromatic rings. The van der Waals surface area contributed by atoms with Crippen LogP contribution in [0.2, 0.25) is 0 Å². The zero-order valence-electron chi connectivity index (χ0n) is 11.5. The van der Waals surface area contributed by atoms with Crippen molar-refractivity contribution in [1.29, 1.82) is 0 Å². The van der Waals surface area contributed by atoms with E-state index in [-0.39, 0.29) is 6.04 Å². The van der Waals surface area contributed by atoms with Crippen LogP contribution in [-0.2, 0) is 0 Å². The molecule has 0 aromatic carbocycles. The first kappa shape index (κ1) is 13.3. The van der Waals surface area contributed by atoms with E-state index in [1.807, 2.05) is 0 Å². The molecular weight excluding hydrogens is 230 g/mol. The van der Waals surface area contributed by atoms with Gasteiger partial charge in [0.15, 0.2) is 0 Å². The van der Waals surface area contributed by atoms with Crippen LogP contribution >= 0.6 is 0 Å². The predicted octanol–water partition coefficient (Wildman–Crippen LogP) is 0.867. The molecule has 0 amide bonds. The summed E-state index contributed by atoms with van der Waals surface area (Å²) in [5.74, 6) is 1.58. The molecule has 0 saturated carbocycles. The molecule has 6 heteroatoms. The molecule has 2 atom stereocenters. The molecule has 1 aliphatic rings. The fourth-order valence-corrected chi connectivity index (χ4v) is 1.99. The van der Waals surface area contributed by atoms with Gasteiger partial charge in [-0.25, -0.2) is 0 Å². The average Bonchev–Trinajstić information content (AvgIpc) is 2.87. The third-order valence-corrected chi connectivity index (χ3v) is 3.76. The second-order valence-electron chi connectivity index (χ2n) is 5.13. The number of piperazine rings is 1. The SMILES string of the molecule is CCC(C)[C@H](N)c1nc(N2CCN(C)CC2)no1. The third kappa shape index (κ3) is 2.81. The molecule has 18 heavy (non-hydrogen) atoms. The molecule has 1 unspecified atom stereocenters. The molecule has 1 saturated heterocycles. The summed E-state index contributed by atoms with van der Waals surface area (Å²) in [7, 11) is 2.12. The molecule has 0 spiro atoms. The lowest BCUT2D eigenvalue weighted by atomic mass is 10.0. The fourth-order valence-electron chi connectivity index (χ4n) is 1.99. The average molecular weight is 253 g/mol. The van der Waals surface area contributed by atoms with Crippen molar-refractivity contribution in [3.63, 3.8) is 0 Å². The molecule has 1 aliphatic heterocycles. The molecule has 0 aliphatic carbocycles. The van der Waals surface area contributed by atoms with Crippen molar-refractivity contribution in [2.24, 2.45) is 11.7 Å². The molecule has 2 N–H and O–H groups in total. The van der Waals surface area contributed by atoms with Crippen LogP contribution in [0.25, 0.3) is 0 Å². The monoisotopic (exact) mass is 253 g/mol. The first-order chi connectivity index (χ1) is 8.61. The molecule has 6 nitrogen and oxygen atoms in total. The van der Waals surface area contributed by atoms with Gasteiger partial charge < -0.3 is 20.1 Å². The van der Waals surface area contributed by atoms with Gasteiger partial charge in [-0.2, -0.15) is 4.98 Å². The van der Waals surface area contributed by atoms with Crippen molar-refractivity contribution in [2.45, 2.75) is 26.3 Å². The summed E-state index contributed by atoms with van der Waals surface area (Å²) in [5, 5.41) is 4.04. The molecule has 2 heterocycles. The predicted molar refractivity (Wildman–Crippen MR) is 70.4 cm³/mol. The molecule has 0 bridgehead atoms. The standard InChI is InChI=1S/C12H23N5O/c1-4-9(2)10(13)11-14-12(15-18-11)17-7-5-16(3)6-8-17/h9-10H,4-8,13H2,1-3H3/t9?,10-/m0/s1. The second-order valence-corrected chi connectivity index (χ2v) is 5.13. The van der Waals surface area contributed by atoms with Crippen molar-refractivity contribution >= 4 is 5.95 Å². The summed E-state index contributed by atoms with van der Waals surface area (Å²) >= 11 is 0. The lowest BCUT2D eigenvalue weighted by Gasteiger charge is -2.31. The molecule has 1 aromatic heterocycles. The molecular formula is C12H23N5O. The van der Waals surface area contributed by atoms with Gasteiger partial charge in [0.25, 0.3) is 5.95 Å². The number of anilines is 1. The van der Waals surface area contributed by atoms with Crippen molar-refractivity contribution in [3.05, 3.63) is 5.89 Å².